The maximum absolute atomic E-state index is 11.4. The van der Waals surface area contributed by atoms with Gasteiger partial charge in [0.2, 0.25) is 0 Å². The first kappa shape index (κ1) is 13.1. The van der Waals surface area contributed by atoms with E-state index in [0.717, 1.165) is 0 Å². The first-order valence-electron chi connectivity index (χ1n) is 5.85. The minimum Gasteiger partial charge on any atom is -0.480 e. The van der Waals surface area contributed by atoms with Gasteiger partial charge in [0, 0.05) is 6.54 Å². The summed E-state index contributed by atoms with van der Waals surface area (Å²) in [7, 11) is 0. The van der Waals surface area contributed by atoms with E-state index in [9.17, 15) is 9.59 Å². The van der Waals surface area contributed by atoms with Gasteiger partial charge >= 0.3 is 5.97 Å². The van der Waals surface area contributed by atoms with Crippen molar-refractivity contribution in [1.29, 1.82) is 0 Å². The maximum atomic E-state index is 11.4. The number of nitrogens with one attached hydrogen (secondary N) is 1. The van der Waals surface area contributed by atoms with Crippen molar-refractivity contribution in [3.63, 3.8) is 0 Å². The van der Waals surface area contributed by atoms with Crippen molar-refractivity contribution in [2.24, 2.45) is 5.73 Å². The molecule has 0 radical (unpaired) electrons. The van der Waals surface area contributed by atoms with Crippen LogP contribution in [0.25, 0.3) is 11.2 Å². The fourth-order valence-corrected chi connectivity index (χ4v) is 1.70. The number of aromatic nitrogens is 5. The van der Waals surface area contributed by atoms with E-state index in [4.69, 9.17) is 10.8 Å². The predicted molar refractivity (Wildman–Crippen MR) is 65.4 cm³/mol. The van der Waals surface area contributed by atoms with Crippen LogP contribution < -0.4 is 11.3 Å². The van der Waals surface area contributed by atoms with E-state index in [1.807, 2.05) is 0 Å². The van der Waals surface area contributed by atoms with Crippen LogP contribution in [0.3, 0.4) is 0 Å². The molecule has 4 N–H and O–H groups in total. The Morgan fingerprint density at radius 1 is 1.53 bits per heavy atom. The number of carboxylic acids is 1. The van der Waals surface area contributed by atoms with Gasteiger partial charge < -0.3 is 15.8 Å². The summed E-state index contributed by atoms with van der Waals surface area (Å²) in [6.07, 6.45) is 3.03. The molecule has 9 nitrogen and oxygen atoms in total. The van der Waals surface area contributed by atoms with Crippen molar-refractivity contribution in [3.05, 3.63) is 16.7 Å². The van der Waals surface area contributed by atoms with E-state index in [-0.39, 0.29) is 11.1 Å². The molecule has 2 aromatic rings. The number of hydrogen-bond donors (Lipinski definition) is 3. The Balaban J connectivity index is 1.94. The molecule has 0 fully saturated rings. The van der Waals surface area contributed by atoms with Crippen LogP contribution in [-0.4, -0.2) is 42.1 Å². The summed E-state index contributed by atoms with van der Waals surface area (Å²) in [5, 5.41) is 16.2. The van der Waals surface area contributed by atoms with Crippen molar-refractivity contribution in [2.45, 2.75) is 31.8 Å². The van der Waals surface area contributed by atoms with Gasteiger partial charge in [-0.05, 0) is 19.3 Å². The fourth-order valence-electron chi connectivity index (χ4n) is 1.70. The Morgan fingerprint density at radius 3 is 3.05 bits per heavy atom. The van der Waals surface area contributed by atoms with Gasteiger partial charge in [0.1, 0.15) is 6.04 Å². The van der Waals surface area contributed by atoms with Gasteiger partial charge in [-0.2, -0.15) is 0 Å². The van der Waals surface area contributed by atoms with Crippen LogP contribution in [-0.2, 0) is 11.3 Å². The average molecular weight is 266 g/mol. The Kier molecular flexibility index (Phi) is 3.85. The molecule has 0 aliphatic heterocycles. The molecule has 0 aliphatic carbocycles. The molecule has 19 heavy (non-hydrogen) atoms. The zero-order valence-corrected chi connectivity index (χ0v) is 10.1. The molecule has 2 rings (SSSR count). The lowest BCUT2D eigenvalue weighted by Crippen LogP contribution is -2.29. The number of nitrogens with two attached hydrogens (primary N) is 1. The molecular formula is C10H14N6O3. The third kappa shape index (κ3) is 2.94. The number of nitrogens with zero attached hydrogens (tertiary/aromatic N) is 4. The third-order valence-electron chi connectivity index (χ3n) is 2.76. The van der Waals surface area contributed by atoms with Gasteiger partial charge in [-0.25, -0.2) is 9.67 Å². The van der Waals surface area contributed by atoms with Gasteiger partial charge in [0.25, 0.3) is 5.56 Å². The number of unbranched alkanes of at least 4 members (excludes halogenated alkanes) is 1. The van der Waals surface area contributed by atoms with E-state index in [2.05, 4.69) is 20.3 Å². The molecule has 2 heterocycles. The van der Waals surface area contributed by atoms with Crippen LogP contribution in [0.1, 0.15) is 19.3 Å². The van der Waals surface area contributed by atoms with Crippen molar-refractivity contribution in [1.82, 2.24) is 25.0 Å². The first-order valence-corrected chi connectivity index (χ1v) is 5.85. The highest BCUT2D eigenvalue weighted by Gasteiger charge is 2.11. The van der Waals surface area contributed by atoms with Crippen LogP contribution in [0.4, 0.5) is 0 Å². The second-order valence-electron chi connectivity index (χ2n) is 4.16. The number of H-pyrrole nitrogens is 1. The maximum Gasteiger partial charge on any atom is 0.320 e. The topological polar surface area (TPSA) is 140 Å². The van der Waals surface area contributed by atoms with Crippen molar-refractivity contribution >= 4 is 17.1 Å². The van der Waals surface area contributed by atoms with Crippen molar-refractivity contribution in [3.8, 4) is 0 Å². The molecule has 0 spiro atoms. The largest absolute Gasteiger partial charge is 0.480 e. The summed E-state index contributed by atoms with van der Waals surface area (Å²) in [4.78, 5) is 28.4. The lowest BCUT2D eigenvalue weighted by Gasteiger charge is -2.05. The SMILES string of the molecule is N[C@H](CCCCn1nnc2c(=O)[nH]cnc21)C(=O)O. The zero-order chi connectivity index (χ0) is 13.8. The van der Waals surface area contributed by atoms with E-state index < -0.39 is 12.0 Å². The standard InChI is InChI=1S/C10H14N6O3/c11-6(10(18)19)3-1-2-4-16-8-7(14-15-16)9(17)13-5-12-8/h5-6H,1-4,11H2,(H,18,19)(H,12,13,17)/t6-/m1/s1. The third-order valence-corrected chi connectivity index (χ3v) is 2.76. The smallest absolute Gasteiger partial charge is 0.320 e. The van der Waals surface area contributed by atoms with Gasteiger partial charge in [0.05, 0.1) is 6.33 Å². The molecule has 0 aromatic carbocycles. The highest BCUT2D eigenvalue weighted by molar-refractivity contribution is 5.72. The van der Waals surface area contributed by atoms with Gasteiger partial charge in [0.15, 0.2) is 11.2 Å². The second kappa shape index (κ2) is 5.57. The number of aliphatic carboxylic acids is 1. The van der Waals surface area contributed by atoms with Crippen LogP contribution in [0.15, 0.2) is 11.1 Å². The molecule has 1 atom stereocenters. The molecule has 0 saturated carbocycles. The van der Waals surface area contributed by atoms with Gasteiger partial charge in [-0.15, -0.1) is 5.10 Å². The minimum atomic E-state index is -1.00. The molecule has 2 aromatic heterocycles. The molecule has 0 saturated heterocycles. The minimum absolute atomic E-state index is 0.199. The molecule has 0 unspecified atom stereocenters. The van der Waals surface area contributed by atoms with E-state index >= 15 is 0 Å². The summed E-state index contributed by atoms with van der Waals surface area (Å²) in [6.45, 7) is 0.513. The fraction of sp³-hybridized carbons (Fsp3) is 0.500. The number of carbonyl (C=O) groups is 1. The number of hydrogen-bond acceptors (Lipinski definition) is 6. The summed E-state index contributed by atoms with van der Waals surface area (Å²) < 4.78 is 1.52. The predicted octanol–water partition coefficient (Wildman–Crippen LogP) is -0.903. The van der Waals surface area contributed by atoms with Crippen LogP contribution in [0.5, 0.6) is 0 Å². The number of fused-ring (bicyclic) bond motifs is 1. The number of rotatable bonds is 6. The zero-order valence-electron chi connectivity index (χ0n) is 10.1. The monoisotopic (exact) mass is 266 g/mol. The molecule has 0 aliphatic rings. The first-order chi connectivity index (χ1) is 9.09. The lowest BCUT2D eigenvalue weighted by molar-refractivity contribution is -0.138. The highest BCUT2D eigenvalue weighted by Crippen LogP contribution is 2.05. The van der Waals surface area contributed by atoms with E-state index in [1.165, 1.54) is 11.0 Å². The molecule has 9 heteroatoms. The quantitative estimate of drug-likeness (QED) is 0.575. The van der Waals surface area contributed by atoms with Crippen LogP contribution >= 0.6 is 0 Å². The number of aromatic amines is 1. The summed E-state index contributed by atoms with van der Waals surface area (Å²) >= 11 is 0. The summed E-state index contributed by atoms with van der Waals surface area (Å²) in [5.41, 5.74) is 5.69. The van der Waals surface area contributed by atoms with Gasteiger partial charge in [-0.1, -0.05) is 5.21 Å². The van der Waals surface area contributed by atoms with E-state index in [1.54, 1.807) is 0 Å². The summed E-state index contributed by atoms with van der Waals surface area (Å²) in [6, 6.07) is -0.839. The average Bonchev–Trinajstić information content (AvgIpc) is 2.79. The Labute approximate surface area is 107 Å². The van der Waals surface area contributed by atoms with Crippen molar-refractivity contribution in [2.75, 3.05) is 0 Å². The highest BCUT2D eigenvalue weighted by atomic mass is 16.4. The molecule has 0 amide bonds. The molecule has 102 valence electrons. The molecular weight excluding hydrogens is 252 g/mol. The Hall–Kier alpha value is -2.29. The van der Waals surface area contributed by atoms with E-state index in [0.29, 0.717) is 31.5 Å². The van der Waals surface area contributed by atoms with Crippen molar-refractivity contribution < 1.29 is 9.90 Å². The van der Waals surface area contributed by atoms with Crippen LogP contribution in [0, 0.1) is 0 Å². The lowest BCUT2D eigenvalue weighted by atomic mass is 10.1. The second-order valence-corrected chi connectivity index (χ2v) is 4.16. The van der Waals surface area contributed by atoms with Gasteiger partial charge in [-0.3, -0.25) is 9.59 Å². The Bertz CT molecular complexity index is 633. The van der Waals surface area contributed by atoms with Crippen LogP contribution in [0.2, 0.25) is 0 Å². The summed E-state index contributed by atoms with van der Waals surface area (Å²) in [5.74, 6) is -1.00. The Morgan fingerprint density at radius 2 is 2.32 bits per heavy atom. The number of carboxylic acid groups (broad SMARTS) is 1. The number of aryl methyl sites for hydroxylation is 1. The normalized spacial score (nSPS) is 12.7. The molecule has 0 bridgehead atoms.